The van der Waals surface area contributed by atoms with Gasteiger partial charge in [0.2, 0.25) is 0 Å². The Kier molecular flexibility index (Phi) is 25.5. The molecule has 152 valence electrons. The monoisotopic (exact) mass is 446 g/mol. The van der Waals surface area contributed by atoms with Gasteiger partial charge in [-0.25, -0.2) is 4.98 Å². The van der Waals surface area contributed by atoms with E-state index in [9.17, 15) is 14.4 Å². The van der Waals surface area contributed by atoms with Crippen LogP contribution in [0.15, 0.2) is 16.0 Å². The van der Waals surface area contributed by atoms with Crippen LogP contribution in [0.5, 0.6) is 0 Å². The third-order valence-electron chi connectivity index (χ3n) is 1.92. The normalized spacial score (nSPS) is 8.35. The molecule has 0 bridgehead atoms. The van der Waals surface area contributed by atoms with Gasteiger partial charge in [-0.2, -0.15) is 0 Å². The van der Waals surface area contributed by atoms with E-state index >= 15 is 0 Å². The number of rotatable bonds is 5. The van der Waals surface area contributed by atoms with Crippen molar-refractivity contribution in [2.24, 2.45) is 5.73 Å². The minimum Gasteiger partial charge on any atom is -0.379 e. The maximum atomic E-state index is 10.9. The minimum absolute atomic E-state index is 0. The molecule has 26 heavy (non-hydrogen) atoms. The van der Waals surface area contributed by atoms with E-state index in [-0.39, 0.29) is 55.3 Å². The summed E-state index contributed by atoms with van der Waals surface area (Å²) in [6.07, 6.45) is 3.59. The molecule has 1 heterocycles. The SMILES string of the molecule is C.C.CC(=O)CC(=O)CCl.CSC(=N)N.CSc1nc(CCl)cc(=O)[nH]1. The van der Waals surface area contributed by atoms with Crippen molar-refractivity contribution in [3.8, 4) is 0 Å². The standard InChI is InChI=1S/C6H7ClN2OS.C5H7ClO2.C2H6N2S.2CH4/c1-11-6-8-4(3-7)2-5(10)9-6;1-4(7)2-5(8)3-6;1-5-2(3)4;;/h2H,3H2,1H3,(H,8,9,10);2-3H2,1H3;1H3,(H3,3,4);2*1H4. The van der Waals surface area contributed by atoms with Crippen molar-refractivity contribution >= 4 is 63.5 Å². The highest BCUT2D eigenvalue weighted by Gasteiger charge is 2.01. The molecule has 0 saturated carbocycles. The number of hydrogen-bond donors (Lipinski definition) is 3. The van der Waals surface area contributed by atoms with Crippen molar-refractivity contribution in [1.82, 2.24) is 9.97 Å². The van der Waals surface area contributed by atoms with E-state index < -0.39 is 0 Å². The number of nitrogens with one attached hydrogen (secondary N) is 2. The summed E-state index contributed by atoms with van der Waals surface area (Å²) in [4.78, 5) is 37.9. The largest absolute Gasteiger partial charge is 0.379 e. The van der Waals surface area contributed by atoms with Gasteiger partial charge in [-0.1, -0.05) is 38.4 Å². The highest BCUT2D eigenvalue weighted by molar-refractivity contribution is 8.13. The number of thioether (sulfide) groups is 2. The Hall–Kier alpha value is -1.03. The number of ketones is 2. The van der Waals surface area contributed by atoms with Gasteiger partial charge >= 0.3 is 0 Å². The summed E-state index contributed by atoms with van der Waals surface area (Å²) in [5.74, 6) is -0.119. The minimum atomic E-state index is -0.209. The number of H-pyrrole nitrogens is 1. The van der Waals surface area contributed by atoms with Gasteiger partial charge in [0.05, 0.1) is 23.9 Å². The summed E-state index contributed by atoms with van der Waals surface area (Å²) in [5.41, 5.74) is 5.30. The first kappa shape index (κ1) is 32.6. The van der Waals surface area contributed by atoms with Gasteiger partial charge in [0, 0.05) is 6.07 Å². The number of halogens is 2. The highest BCUT2D eigenvalue weighted by atomic mass is 35.5. The number of carbonyl (C=O) groups is 2. The fourth-order valence-electron chi connectivity index (χ4n) is 0.973. The smallest absolute Gasteiger partial charge is 0.251 e. The molecule has 0 aliphatic rings. The van der Waals surface area contributed by atoms with Gasteiger partial charge in [-0.05, 0) is 19.4 Å². The first-order valence-electron chi connectivity index (χ1n) is 6.35. The maximum Gasteiger partial charge on any atom is 0.251 e. The van der Waals surface area contributed by atoms with Crippen LogP contribution in [0.25, 0.3) is 0 Å². The fourth-order valence-corrected chi connectivity index (χ4v) is 1.62. The van der Waals surface area contributed by atoms with Crippen molar-refractivity contribution in [2.45, 2.75) is 39.2 Å². The molecule has 7 nitrogen and oxygen atoms in total. The number of aromatic amines is 1. The second-order valence-corrected chi connectivity index (χ2v) is 6.18. The summed E-state index contributed by atoms with van der Waals surface area (Å²) in [7, 11) is 0. The lowest BCUT2D eigenvalue weighted by Crippen LogP contribution is -2.08. The average molecular weight is 447 g/mol. The number of aromatic nitrogens is 2. The molecular weight excluding hydrogens is 419 g/mol. The summed E-state index contributed by atoms with van der Waals surface area (Å²) >= 11 is 13.2. The Morgan fingerprint density at radius 3 is 2.08 bits per heavy atom. The van der Waals surface area contributed by atoms with Crippen LogP contribution in [0.1, 0.15) is 33.9 Å². The van der Waals surface area contributed by atoms with Gasteiger partial charge in [0.25, 0.3) is 5.56 Å². The first-order chi connectivity index (χ1) is 11.2. The zero-order valence-electron chi connectivity index (χ0n) is 13.5. The molecule has 0 aliphatic carbocycles. The van der Waals surface area contributed by atoms with Gasteiger partial charge < -0.3 is 10.7 Å². The quantitative estimate of drug-likeness (QED) is 0.157. The predicted molar refractivity (Wildman–Crippen MR) is 116 cm³/mol. The highest BCUT2D eigenvalue weighted by Crippen LogP contribution is 2.06. The first-order valence-corrected chi connectivity index (χ1v) is 9.87. The van der Waals surface area contributed by atoms with E-state index in [1.807, 2.05) is 6.26 Å². The summed E-state index contributed by atoms with van der Waals surface area (Å²) in [5, 5.41) is 7.26. The second-order valence-electron chi connectivity index (χ2n) is 4.00. The molecule has 1 aromatic heterocycles. The van der Waals surface area contributed by atoms with Gasteiger partial charge in [0.1, 0.15) is 5.78 Å². The zero-order chi connectivity index (χ0) is 19.1. The van der Waals surface area contributed by atoms with E-state index in [0.29, 0.717) is 10.9 Å². The van der Waals surface area contributed by atoms with E-state index in [1.54, 1.807) is 6.26 Å². The fraction of sp³-hybridized carbons (Fsp3) is 0.533. The van der Waals surface area contributed by atoms with Crippen LogP contribution in [0.2, 0.25) is 0 Å². The van der Waals surface area contributed by atoms with Crippen LogP contribution >= 0.6 is 46.7 Å². The Morgan fingerprint density at radius 1 is 1.31 bits per heavy atom. The number of nitrogens with zero attached hydrogens (tertiary/aromatic N) is 1. The lowest BCUT2D eigenvalue weighted by atomic mass is 10.2. The molecule has 0 spiro atoms. The number of hydrogen-bond acceptors (Lipinski definition) is 7. The lowest BCUT2D eigenvalue weighted by Gasteiger charge is -1.96. The summed E-state index contributed by atoms with van der Waals surface area (Å²) < 4.78 is 0. The molecule has 1 rings (SSSR count). The van der Waals surface area contributed by atoms with Crippen LogP contribution < -0.4 is 11.3 Å². The molecule has 0 atom stereocenters. The van der Waals surface area contributed by atoms with E-state index in [4.69, 9.17) is 34.3 Å². The zero-order valence-corrected chi connectivity index (χ0v) is 16.7. The number of amidine groups is 1. The van der Waals surface area contributed by atoms with Crippen LogP contribution in [0.4, 0.5) is 0 Å². The van der Waals surface area contributed by atoms with Gasteiger partial charge in [-0.3, -0.25) is 19.8 Å². The van der Waals surface area contributed by atoms with Crippen molar-refractivity contribution in [3.05, 3.63) is 22.1 Å². The molecule has 0 aliphatic heterocycles. The molecule has 11 heteroatoms. The van der Waals surface area contributed by atoms with E-state index in [1.165, 1.54) is 36.5 Å². The van der Waals surface area contributed by atoms with Crippen LogP contribution in [0.3, 0.4) is 0 Å². The number of Topliss-reactive ketones (excluding diaryl/α,β-unsaturated/α-hetero) is 2. The molecule has 0 aromatic carbocycles. The average Bonchev–Trinajstić information content (AvgIpc) is 2.54. The molecule has 4 N–H and O–H groups in total. The Bertz CT molecular complexity index is 573. The van der Waals surface area contributed by atoms with E-state index in [2.05, 4.69) is 9.97 Å². The third kappa shape index (κ3) is 21.0. The third-order valence-corrected chi connectivity index (χ3v) is 3.51. The topological polar surface area (TPSA) is 130 Å². The van der Waals surface area contributed by atoms with Crippen LogP contribution in [-0.4, -0.2) is 45.1 Å². The molecule has 0 amide bonds. The van der Waals surface area contributed by atoms with Gasteiger partial charge in [-0.15, -0.1) is 23.2 Å². The molecule has 1 aromatic rings. The number of alkyl halides is 2. The second kappa shape index (κ2) is 20.3. The Morgan fingerprint density at radius 2 is 1.81 bits per heavy atom. The number of carbonyl (C=O) groups excluding carboxylic acids is 2. The summed E-state index contributed by atoms with van der Waals surface area (Å²) in [6, 6.07) is 1.40. The van der Waals surface area contributed by atoms with Crippen LogP contribution in [0, 0.1) is 5.41 Å². The summed E-state index contributed by atoms with van der Waals surface area (Å²) in [6.45, 7) is 1.37. The van der Waals surface area contributed by atoms with Gasteiger partial charge in [0.15, 0.2) is 16.1 Å². The van der Waals surface area contributed by atoms with E-state index in [0.717, 1.165) is 0 Å². The Balaban J connectivity index is -0.000000144. The molecule has 0 radical (unpaired) electrons. The Labute approximate surface area is 173 Å². The predicted octanol–water partition coefficient (Wildman–Crippen LogP) is 3.52. The number of nitrogens with two attached hydrogens (primary N) is 1. The molecular formula is C15H28Cl2N4O3S2. The van der Waals surface area contributed by atoms with Crippen molar-refractivity contribution in [2.75, 3.05) is 18.4 Å². The molecule has 0 saturated heterocycles. The van der Waals surface area contributed by atoms with Crippen molar-refractivity contribution in [3.63, 3.8) is 0 Å². The maximum absolute atomic E-state index is 10.9. The molecule has 0 fully saturated rings. The van der Waals surface area contributed by atoms with Crippen LogP contribution in [-0.2, 0) is 15.5 Å². The molecule has 0 unspecified atom stereocenters. The lowest BCUT2D eigenvalue weighted by molar-refractivity contribution is -0.124. The van der Waals surface area contributed by atoms with Crippen molar-refractivity contribution < 1.29 is 9.59 Å². The van der Waals surface area contributed by atoms with Crippen molar-refractivity contribution in [1.29, 1.82) is 5.41 Å².